The highest BCUT2D eigenvalue weighted by atomic mass is 17.2. The van der Waals surface area contributed by atoms with Crippen LogP contribution < -0.4 is 0 Å². The zero-order valence-corrected chi connectivity index (χ0v) is 17.7. The van der Waals surface area contributed by atoms with E-state index in [4.69, 9.17) is 19.6 Å². The molecule has 0 aromatic heterocycles. The molecule has 158 valence electrons. The van der Waals surface area contributed by atoms with Crippen LogP contribution in [0.15, 0.2) is 36.4 Å². The Morgan fingerprint density at radius 3 is 1.97 bits per heavy atom. The van der Waals surface area contributed by atoms with Gasteiger partial charge in [0.1, 0.15) is 6.10 Å². The molecule has 0 bridgehead atoms. The number of aryl methyl sites for hydroxylation is 4. The van der Waals surface area contributed by atoms with Crippen LogP contribution in [0.3, 0.4) is 0 Å². The zero-order chi connectivity index (χ0) is 21.7. The van der Waals surface area contributed by atoms with E-state index in [2.05, 4.69) is 0 Å². The minimum Gasteiger partial charge on any atom is -0.292 e. The summed E-state index contributed by atoms with van der Waals surface area (Å²) >= 11 is 0. The minimum atomic E-state index is -0.708. The van der Waals surface area contributed by atoms with E-state index < -0.39 is 18.0 Å². The van der Waals surface area contributed by atoms with Gasteiger partial charge >= 0.3 is 11.9 Å². The summed E-state index contributed by atoms with van der Waals surface area (Å²) in [6.45, 7) is 7.58. The lowest BCUT2D eigenvalue weighted by Gasteiger charge is -2.26. The molecule has 0 heterocycles. The lowest BCUT2D eigenvalue weighted by atomic mass is 9.95. The fourth-order valence-corrected chi connectivity index (χ4v) is 3.36. The molecule has 6 heteroatoms. The topological polar surface area (TPSA) is 71.1 Å². The summed E-state index contributed by atoms with van der Waals surface area (Å²) in [4.78, 5) is 45.4. The van der Waals surface area contributed by atoms with Gasteiger partial charge in [-0.25, -0.2) is 9.59 Å². The SMILES string of the molecule is Cc1ccc(C(=O)OO[C]2CCC[CH]C2OOC(=O)c2ccc(C)cc2C)c(C)c1. The van der Waals surface area contributed by atoms with Gasteiger partial charge < -0.3 is 0 Å². The molecule has 30 heavy (non-hydrogen) atoms. The fraction of sp³-hybridized carbons (Fsp3) is 0.333. The number of hydrogen-bond acceptors (Lipinski definition) is 6. The molecule has 3 rings (SSSR count). The molecular weight excluding hydrogens is 384 g/mol. The fourth-order valence-electron chi connectivity index (χ4n) is 3.36. The predicted octanol–water partition coefficient (Wildman–Crippen LogP) is 5.09. The van der Waals surface area contributed by atoms with Crippen LogP contribution in [0.2, 0.25) is 0 Å². The molecule has 2 aromatic carbocycles. The average Bonchev–Trinajstić information content (AvgIpc) is 2.71. The summed E-state index contributed by atoms with van der Waals surface area (Å²) in [6.07, 6.45) is 3.61. The normalized spacial score (nSPS) is 16.9. The molecule has 6 nitrogen and oxygen atoms in total. The Bertz CT molecular complexity index is 844. The van der Waals surface area contributed by atoms with Crippen molar-refractivity contribution in [2.75, 3.05) is 0 Å². The molecular formula is C24H26O6. The molecule has 0 aliphatic heterocycles. The van der Waals surface area contributed by atoms with Crippen molar-refractivity contribution in [1.29, 1.82) is 0 Å². The third-order valence-corrected chi connectivity index (χ3v) is 4.98. The second-order valence-corrected chi connectivity index (χ2v) is 7.57. The van der Waals surface area contributed by atoms with Crippen molar-refractivity contribution < 1.29 is 29.1 Å². The van der Waals surface area contributed by atoms with Gasteiger partial charge in [-0.3, -0.25) is 9.78 Å². The van der Waals surface area contributed by atoms with Gasteiger partial charge in [0.2, 0.25) is 0 Å². The van der Waals surface area contributed by atoms with Crippen molar-refractivity contribution in [1.82, 2.24) is 0 Å². The van der Waals surface area contributed by atoms with Crippen molar-refractivity contribution in [2.45, 2.75) is 53.1 Å². The highest BCUT2D eigenvalue weighted by Gasteiger charge is 2.33. The standard InChI is InChI=1S/C24H26O6/c1-15-9-11-19(17(3)13-15)23(25)29-27-21-7-5-6-8-22(21)28-30-24(26)20-12-10-16(2)14-18(20)4/h7,9-14,21H,5-6,8H2,1-4H3. The van der Waals surface area contributed by atoms with Gasteiger partial charge in [-0.05, 0) is 76.6 Å². The summed E-state index contributed by atoms with van der Waals surface area (Å²) in [5, 5.41) is 0. The molecule has 2 radical (unpaired) electrons. The quantitative estimate of drug-likeness (QED) is 0.488. The summed E-state index contributed by atoms with van der Waals surface area (Å²) in [7, 11) is 0. The third-order valence-electron chi connectivity index (χ3n) is 4.98. The maximum absolute atomic E-state index is 12.3. The van der Waals surface area contributed by atoms with E-state index in [1.165, 1.54) is 0 Å². The Morgan fingerprint density at radius 2 is 1.40 bits per heavy atom. The summed E-state index contributed by atoms with van der Waals surface area (Å²) in [5.74, 6) is -1.17. The molecule has 1 saturated carbocycles. The Hall–Kier alpha value is -2.70. The largest absolute Gasteiger partial charge is 0.373 e. The molecule has 1 unspecified atom stereocenters. The third kappa shape index (κ3) is 5.46. The van der Waals surface area contributed by atoms with E-state index in [1.807, 2.05) is 58.4 Å². The molecule has 0 N–H and O–H groups in total. The second kappa shape index (κ2) is 9.87. The molecule has 2 aromatic rings. The Morgan fingerprint density at radius 1 is 0.833 bits per heavy atom. The highest BCUT2D eigenvalue weighted by molar-refractivity contribution is 5.91. The predicted molar refractivity (Wildman–Crippen MR) is 110 cm³/mol. The summed E-state index contributed by atoms with van der Waals surface area (Å²) < 4.78 is 0. The van der Waals surface area contributed by atoms with Gasteiger partial charge in [-0.15, -0.1) is 0 Å². The lowest BCUT2D eigenvalue weighted by Crippen LogP contribution is -2.30. The van der Waals surface area contributed by atoms with Gasteiger partial charge in [0.15, 0.2) is 6.10 Å². The monoisotopic (exact) mass is 410 g/mol. The molecule has 0 amide bonds. The van der Waals surface area contributed by atoms with E-state index in [1.54, 1.807) is 12.1 Å². The lowest BCUT2D eigenvalue weighted by molar-refractivity contribution is -0.311. The van der Waals surface area contributed by atoms with Gasteiger partial charge in [0, 0.05) is 0 Å². The van der Waals surface area contributed by atoms with Crippen LogP contribution in [-0.2, 0) is 19.6 Å². The van der Waals surface area contributed by atoms with E-state index in [0.717, 1.165) is 35.1 Å². The number of benzene rings is 2. The van der Waals surface area contributed by atoms with Crippen molar-refractivity contribution in [3.8, 4) is 0 Å². The highest BCUT2D eigenvalue weighted by Crippen LogP contribution is 2.30. The Balaban J connectivity index is 1.56. The smallest absolute Gasteiger partial charge is 0.292 e. The van der Waals surface area contributed by atoms with Crippen LogP contribution in [0.1, 0.15) is 62.2 Å². The first-order valence-corrected chi connectivity index (χ1v) is 9.95. The maximum atomic E-state index is 12.3. The first-order valence-electron chi connectivity index (χ1n) is 9.95. The van der Waals surface area contributed by atoms with Gasteiger partial charge in [0.25, 0.3) is 0 Å². The van der Waals surface area contributed by atoms with Crippen LogP contribution in [0, 0.1) is 40.2 Å². The maximum Gasteiger partial charge on any atom is 0.373 e. The summed E-state index contributed by atoms with van der Waals surface area (Å²) in [5.41, 5.74) is 4.58. The summed E-state index contributed by atoms with van der Waals surface area (Å²) in [6, 6.07) is 10.9. The van der Waals surface area contributed by atoms with Gasteiger partial charge in [0.05, 0.1) is 11.1 Å². The van der Waals surface area contributed by atoms with E-state index >= 15 is 0 Å². The first-order chi connectivity index (χ1) is 14.3. The van der Waals surface area contributed by atoms with Gasteiger partial charge in [-0.2, -0.15) is 9.78 Å². The van der Waals surface area contributed by atoms with E-state index in [9.17, 15) is 9.59 Å². The molecule has 1 atom stereocenters. The molecule has 1 fully saturated rings. The van der Waals surface area contributed by atoms with Crippen LogP contribution in [-0.4, -0.2) is 18.0 Å². The van der Waals surface area contributed by atoms with Crippen LogP contribution in [0.25, 0.3) is 0 Å². The Labute approximate surface area is 176 Å². The zero-order valence-electron chi connectivity index (χ0n) is 17.7. The van der Waals surface area contributed by atoms with Crippen LogP contribution >= 0.6 is 0 Å². The van der Waals surface area contributed by atoms with Gasteiger partial charge in [-0.1, -0.05) is 35.4 Å². The van der Waals surface area contributed by atoms with Crippen LogP contribution in [0.4, 0.5) is 0 Å². The van der Waals surface area contributed by atoms with Crippen molar-refractivity contribution in [3.63, 3.8) is 0 Å². The number of rotatable bonds is 6. The van der Waals surface area contributed by atoms with Crippen molar-refractivity contribution >= 4 is 11.9 Å². The van der Waals surface area contributed by atoms with E-state index in [0.29, 0.717) is 23.7 Å². The first kappa shape index (κ1) is 22.0. The van der Waals surface area contributed by atoms with Crippen LogP contribution in [0.5, 0.6) is 0 Å². The molecule has 0 spiro atoms. The molecule has 1 aliphatic carbocycles. The number of carbonyl (C=O) groups excluding carboxylic acids is 2. The average molecular weight is 410 g/mol. The number of carbonyl (C=O) groups is 2. The van der Waals surface area contributed by atoms with Crippen molar-refractivity contribution in [3.05, 3.63) is 82.3 Å². The van der Waals surface area contributed by atoms with Crippen molar-refractivity contribution in [2.24, 2.45) is 0 Å². The van der Waals surface area contributed by atoms with E-state index in [-0.39, 0.29) is 0 Å². The Kier molecular flexibility index (Phi) is 7.24. The molecule has 1 aliphatic rings. The minimum absolute atomic E-state index is 0.382. The molecule has 0 saturated heterocycles. The number of hydrogen-bond donors (Lipinski definition) is 0. The second-order valence-electron chi connectivity index (χ2n) is 7.57.